The van der Waals surface area contributed by atoms with Gasteiger partial charge in [0.2, 0.25) is 6.79 Å². The van der Waals surface area contributed by atoms with Crippen molar-refractivity contribution in [2.45, 2.75) is 6.92 Å². The van der Waals surface area contributed by atoms with Gasteiger partial charge in [-0.2, -0.15) is 0 Å². The number of nitrogens with one attached hydrogen (secondary N) is 1. The quantitative estimate of drug-likeness (QED) is 0.436. The van der Waals surface area contributed by atoms with Gasteiger partial charge in [0.15, 0.2) is 11.5 Å². The van der Waals surface area contributed by atoms with Crippen LogP contribution in [0, 0.1) is 10.1 Å². The Bertz CT molecular complexity index is 1040. The number of nitro groups is 1. The molecule has 2 heterocycles. The Hall–Kier alpha value is -3.55. The molecule has 0 spiro atoms. The van der Waals surface area contributed by atoms with Crippen molar-refractivity contribution >= 4 is 22.6 Å². The van der Waals surface area contributed by atoms with E-state index in [1.165, 1.54) is 12.1 Å². The Balaban J connectivity index is 1.98. The lowest BCUT2D eigenvalue weighted by molar-refractivity contribution is -0.384. The number of hydrogen-bond donors (Lipinski definition) is 1. The minimum absolute atomic E-state index is 0.0626. The number of aromatic amines is 1. The third-order valence-corrected chi connectivity index (χ3v) is 4.12. The molecule has 2 aromatic carbocycles. The number of hydrogen-bond acceptors (Lipinski definition) is 6. The Kier molecular flexibility index (Phi) is 3.72. The maximum absolute atomic E-state index is 12.4. The number of benzene rings is 2. The van der Waals surface area contributed by atoms with Crippen LogP contribution in [0.15, 0.2) is 36.4 Å². The third-order valence-electron chi connectivity index (χ3n) is 4.12. The molecule has 0 bridgehead atoms. The van der Waals surface area contributed by atoms with Crippen LogP contribution in [0.4, 0.5) is 5.69 Å². The van der Waals surface area contributed by atoms with E-state index in [4.69, 9.17) is 14.2 Å². The summed E-state index contributed by atoms with van der Waals surface area (Å²) in [4.78, 5) is 26.1. The first-order valence-electron chi connectivity index (χ1n) is 7.95. The number of fused-ring (bicyclic) bond motifs is 2. The van der Waals surface area contributed by atoms with E-state index in [1.807, 2.05) is 0 Å². The summed E-state index contributed by atoms with van der Waals surface area (Å²) in [7, 11) is 0. The van der Waals surface area contributed by atoms with Crippen molar-refractivity contribution in [3.63, 3.8) is 0 Å². The van der Waals surface area contributed by atoms with Crippen LogP contribution in [0.3, 0.4) is 0 Å². The molecule has 0 amide bonds. The average Bonchev–Trinajstić information content (AvgIpc) is 3.23. The second-order valence-corrected chi connectivity index (χ2v) is 5.65. The molecule has 8 heteroatoms. The summed E-state index contributed by atoms with van der Waals surface area (Å²) in [5.74, 6) is 0.588. The van der Waals surface area contributed by atoms with E-state index >= 15 is 0 Å². The number of H-pyrrole nitrogens is 1. The molecule has 0 radical (unpaired) electrons. The van der Waals surface area contributed by atoms with Crippen LogP contribution in [0.2, 0.25) is 0 Å². The fourth-order valence-corrected chi connectivity index (χ4v) is 3.02. The Morgan fingerprint density at radius 3 is 2.77 bits per heavy atom. The van der Waals surface area contributed by atoms with Gasteiger partial charge in [0.25, 0.3) is 5.69 Å². The molecule has 0 aliphatic carbocycles. The zero-order valence-corrected chi connectivity index (χ0v) is 13.8. The number of ether oxygens (including phenoxy) is 3. The summed E-state index contributed by atoms with van der Waals surface area (Å²) in [6.07, 6.45) is 0. The molecule has 0 saturated heterocycles. The molecule has 1 aliphatic rings. The number of aromatic nitrogens is 1. The van der Waals surface area contributed by atoms with Crippen LogP contribution in [0.25, 0.3) is 22.0 Å². The predicted octanol–water partition coefficient (Wildman–Crippen LogP) is 3.65. The van der Waals surface area contributed by atoms with Crippen LogP contribution < -0.4 is 9.47 Å². The maximum atomic E-state index is 12.4. The van der Waals surface area contributed by atoms with Gasteiger partial charge in [-0.3, -0.25) is 10.1 Å². The number of nitrogens with zero attached hydrogens (tertiary/aromatic N) is 1. The summed E-state index contributed by atoms with van der Waals surface area (Å²) in [6.45, 7) is 2.05. The zero-order valence-electron chi connectivity index (χ0n) is 13.8. The van der Waals surface area contributed by atoms with Gasteiger partial charge in [-0.05, 0) is 18.6 Å². The van der Waals surface area contributed by atoms with Crippen molar-refractivity contribution in [1.29, 1.82) is 0 Å². The number of rotatable bonds is 4. The maximum Gasteiger partial charge on any atom is 0.355 e. The summed E-state index contributed by atoms with van der Waals surface area (Å²) in [5.41, 5.74) is 1.88. The molecule has 0 unspecified atom stereocenters. The summed E-state index contributed by atoms with van der Waals surface area (Å²) >= 11 is 0. The average molecular weight is 354 g/mol. The predicted molar refractivity (Wildman–Crippen MR) is 92.5 cm³/mol. The van der Waals surface area contributed by atoms with Crippen molar-refractivity contribution in [2.24, 2.45) is 0 Å². The Morgan fingerprint density at radius 2 is 2.04 bits per heavy atom. The van der Waals surface area contributed by atoms with Crippen molar-refractivity contribution in [1.82, 2.24) is 4.98 Å². The number of carbonyl (C=O) groups is 1. The first-order valence-corrected chi connectivity index (χ1v) is 7.95. The van der Waals surface area contributed by atoms with Gasteiger partial charge >= 0.3 is 5.97 Å². The Labute approximate surface area is 147 Å². The highest BCUT2D eigenvalue weighted by Gasteiger charge is 2.24. The third kappa shape index (κ3) is 2.52. The minimum atomic E-state index is -0.535. The second kappa shape index (κ2) is 6.07. The van der Waals surface area contributed by atoms with E-state index in [0.29, 0.717) is 33.5 Å². The molecule has 0 saturated carbocycles. The molecule has 4 rings (SSSR count). The van der Waals surface area contributed by atoms with Crippen molar-refractivity contribution < 1.29 is 23.9 Å². The largest absolute Gasteiger partial charge is 0.461 e. The van der Waals surface area contributed by atoms with Crippen LogP contribution in [-0.4, -0.2) is 29.3 Å². The SMILES string of the molecule is CCOC(=O)c1[nH]c2cc3c(cc2c1-c1cccc([N+](=O)[O-])c1)OCO3. The standard InChI is InChI=1S/C18H14N2O6/c1-2-24-18(21)17-16(10-4-3-5-11(6-10)20(22)23)12-7-14-15(26-9-25-14)8-13(12)19-17/h3-8,19H,2,9H2,1H3. The first-order chi connectivity index (χ1) is 12.6. The molecule has 1 aliphatic heterocycles. The van der Waals surface area contributed by atoms with Gasteiger partial charge in [-0.25, -0.2) is 4.79 Å². The van der Waals surface area contributed by atoms with Gasteiger partial charge < -0.3 is 19.2 Å². The lowest BCUT2D eigenvalue weighted by atomic mass is 10.0. The lowest BCUT2D eigenvalue weighted by Gasteiger charge is -2.05. The van der Waals surface area contributed by atoms with Crippen LogP contribution in [0.1, 0.15) is 17.4 Å². The molecule has 3 aromatic rings. The van der Waals surface area contributed by atoms with Crippen molar-refractivity contribution in [2.75, 3.05) is 13.4 Å². The molecule has 0 fully saturated rings. The number of non-ortho nitro benzene ring substituents is 1. The zero-order chi connectivity index (χ0) is 18.3. The Morgan fingerprint density at radius 1 is 1.27 bits per heavy atom. The highest BCUT2D eigenvalue weighted by molar-refractivity contribution is 6.09. The van der Waals surface area contributed by atoms with Gasteiger partial charge in [-0.15, -0.1) is 0 Å². The highest BCUT2D eigenvalue weighted by atomic mass is 16.7. The molecule has 1 aromatic heterocycles. The van der Waals surface area contributed by atoms with E-state index in [9.17, 15) is 14.9 Å². The minimum Gasteiger partial charge on any atom is -0.461 e. The highest BCUT2D eigenvalue weighted by Crippen LogP contribution is 2.41. The van der Waals surface area contributed by atoms with Crippen molar-refractivity contribution in [3.05, 3.63) is 52.2 Å². The molecular formula is C18H14N2O6. The van der Waals surface area contributed by atoms with E-state index < -0.39 is 10.9 Å². The van der Waals surface area contributed by atoms with E-state index in [1.54, 1.807) is 31.2 Å². The number of carbonyl (C=O) groups excluding carboxylic acids is 1. The molecule has 132 valence electrons. The molecular weight excluding hydrogens is 340 g/mol. The van der Waals surface area contributed by atoms with Gasteiger partial charge in [-0.1, -0.05) is 12.1 Å². The van der Waals surface area contributed by atoms with Gasteiger partial charge in [0.05, 0.1) is 17.0 Å². The molecule has 1 N–H and O–H groups in total. The smallest absolute Gasteiger partial charge is 0.355 e. The van der Waals surface area contributed by atoms with Crippen LogP contribution in [-0.2, 0) is 4.74 Å². The van der Waals surface area contributed by atoms with Crippen molar-refractivity contribution in [3.8, 4) is 22.6 Å². The van der Waals surface area contributed by atoms with E-state index in [2.05, 4.69) is 4.98 Å². The number of nitro benzene ring substituents is 1. The van der Waals surface area contributed by atoms with Crippen LogP contribution >= 0.6 is 0 Å². The summed E-state index contributed by atoms with van der Waals surface area (Å²) in [6, 6.07) is 9.61. The molecule has 8 nitrogen and oxygen atoms in total. The monoisotopic (exact) mass is 354 g/mol. The number of esters is 1. The second-order valence-electron chi connectivity index (χ2n) is 5.65. The van der Waals surface area contributed by atoms with E-state index in [-0.39, 0.29) is 24.8 Å². The fourth-order valence-electron chi connectivity index (χ4n) is 3.02. The molecule has 26 heavy (non-hydrogen) atoms. The lowest BCUT2D eigenvalue weighted by Crippen LogP contribution is -2.06. The summed E-state index contributed by atoms with van der Waals surface area (Å²) < 4.78 is 15.9. The topological polar surface area (TPSA) is 104 Å². The fraction of sp³-hybridized carbons (Fsp3) is 0.167. The van der Waals surface area contributed by atoms with Gasteiger partial charge in [0, 0.05) is 29.1 Å². The van der Waals surface area contributed by atoms with Gasteiger partial charge in [0.1, 0.15) is 5.69 Å². The van der Waals surface area contributed by atoms with Crippen LogP contribution in [0.5, 0.6) is 11.5 Å². The summed E-state index contributed by atoms with van der Waals surface area (Å²) in [5, 5.41) is 11.8. The van der Waals surface area contributed by atoms with E-state index in [0.717, 1.165) is 0 Å². The normalized spacial score (nSPS) is 12.3. The first kappa shape index (κ1) is 15.9. The molecule has 0 atom stereocenters.